The topological polar surface area (TPSA) is 83.4 Å². The average molecular weight is 562 g/mol. The van der Waals surface area contributed by atoms with E-state index in [1.54, 1.807) is 0 Å². The monoisotopic (exact) mass is 561 g/mol. The van der Waals surface area contributed by atoms with Gasteiger partial charge >= 0.3 is 6.36 Å². The van der Waals surface area contributed by atoms with Crippen LogP contribution in [-0.2, 0) is 9.92 Å². The fraction of sp³-hybridized carbons (Fsp3) is 0.357. The zero-order valence-electron chi connectivity index (χ0n) is 21.3. The number of benzene rings is 3. The van der Waals surface area contributed by atoms with Gasteiger partial charge in [0.2, 0.25) is 0 Å². The second kappa shape index (κ2) is 11.1. The largest absolute Gasteiger partial charge is 0.573 e. The van der Waals surface area contributed by atoms with E-state index in [1.165, 1.54) is 12.1 Å². The minimum absolute atomic E-state index is 0.224. The molecule has 1 unspecified atom stereocenters. The number of para-hydroxylation sites is 4. The van der Waals surface area contributed by atoms with Gasteiger partial charge in [0.1, 0.15) is 15.7 Å². The molecule has 1 aliphatic heterocycles. The van der Waals surface area contributed by atoms with Gasteiger partial charge in [-0.15, -0.1) is 13.2 Å². The van der Waals surface area contributed by atoms with Gasteiger partial charge < -0.3 is 19.5 Å². The molecule has 11 heteroatoms. The Kier molecular flexibility index (Phi) is 7.75. The molecule has 2 N–H and O–H groups in total. The van der Waals surface area contributed by atoms with Crippen molar-refractivity contribution in [1.29, 1.82) is 0 Å². The van der Waals surface area contributed by atoms with E-state index in [-0.39, 0.29) is 17.5 Å². The van der Waals surface area contributed by atoms with Gasteiger partial charge in [0.05, 0.1) is 28.4 Å². The smallest absolute Gasteiger partial charge is 0.453 e. The van der Waals surface area contributed by atoms with Crippen LogP contribution in [0.5, 0.6) is 17.2 Å². The van der Waals surface area contributed by atoms with Crippen molar-refractivity contribution in [3.05, 3.63) is 72.8 Å². The molecule has 208 valence electrons. The van der Waals surface area contributed by atoms with Crippen LogP contribution in [0.2, 0.25) is 0 Å². The predicted molar refractivity (Wildman–Crippen MR) is 143 cm³/mol. The first-order chi connectivity index (χ1) is 18.7. The molecular weight excluding hydrogens is 531 g/mol. The van der Waals surface area contributed by atoms with Crippen LogP contribution in [0.4, 0.5) is 24.5 Å². The summed E-state index contributed by atoms with van der Waals surface area (Å²) in [7, 11) is -3.26. The van der Waals surface area contributed by atoms with Crippen LogP contribution in [0.15, 0.2) is 82.1 Å². The van der Waals surface area contributed by atoms with Crippen molar-refractivity contribution in [3.8, 4) is 17.2 Å². The number of rotatable bonds is 7. The molecule has 7 nitrogen and oxygen atoms in total. The van der Waals surface area contributed by atoms with Crippen LogP contribution in [0, 0.1) is 0 Å². The summed E-state index contributed by atoms with van der Waals surface area (Å²) in [6, 6.07) is 19.2. The first-order valence-electron chi connectivity index (χ1n) is 12.9. The molecule has 0 radical (unpaired) electrons. The summed E-state index contributed by atoms with van der Waals surface area (Å²) >= 11 is 0. The number of alkyl halides is 3. The van der Waals surface area contributed by atoms with Gasteiger partial charge in [-0.05, 0) is 74.2 Å². The first kappa shape index (κ1) is 27.3. The summed E-state index contributed by atoms with van der Waals surface area (Å²) < 4.78 is 69.6. The summed E-state index contributed by atoms with van der Waals surface area (Å²) in [6.45, 7) is 2.17. The lowest BCUT2D eigenvalue weighted by molar-refractivity contribution is -0.274. The quantitative estimate of drug-likeness (QED) is 0.342. The van der Waals surface area contributed by atoms with E-state index in [1.807, 2.05) is 55.5 Å². The molecule has 2 aliphatic rings. The molecule has 3 aromatic rings. The minimum Gasteiger partial charge on any atom is -0.453 e. The molecule has 1 aliphatic carbocycles. The number of anilines is 2. The van der Waals surface area contributed by atoms with Crippen molar-refractivity contribution in [2.45, 2.75) is 62.1 Å². The molecule has 0 aromatic heterocycles. The van der Waals surface area contributed by atoms with Gasteiger partial charge in [0, 0.05) is 12.6 Å². The summed E-state index contributed by atoms with van der Waals surface area (Å²) in [5.41, 5.74) is 1.66. The highest BCUT2D eigenvalue weighted by Crippen LogP contribution is 2.49. The molecule has 3 aromatic carbocycles. The van der Waals surface area contributed by atoms with Gasteiger partial charge in [-0.25, -0.2) is 13.3 Å². The zero-order valence-corrected chi connectivity index (χ0v) is 22.1. The van der Waals surface area contributed by atoms with E-state index in [0.717, 1.165) is 29.9 Å². The third-order valence-corrected chi connectivity index (χ3v) is 8.89. The predicted octanol–water partition coefficient (Wildman–Crippen LogP) is 6.55. The molecule has 0 bridgehead atoms. The molecular formula is C28H30F3N3O4S. The maximum atomic E-state index is 14.2. The summed E-state index contributed by atoms with van der Waals surface area (Å²) in [5.74, 6) is 0.952. The number of hydrogen-bond acceptors (Lipinski definition) is 6. The lowest BCUT2D eigenvalue weighted by atomic mass is 9.86. The summed E-state index contributed by atoms with van der Waals surface area (Å²) in [6.07, 6.45) is -3.12. The van der Waals surface area contributed by atoms with Gasteiger partial charge in [0.25, 0.3) is 0 Å². The number of fused-ring (bicyclic) bond motifs is 2. The maximum Gasteiger partial charge on any atom is 0.573 e. The zero-order chi connectivity index (χ0) is 27.6. The van der Waals surface area contributed by atoms with E-state index >= 15 is 0 Å². The number of aliphatic hydroxyl groups excluding tert-OH is 1. The second-order valence-electron chi connectivity index (χ2n) is 9.52. The van der Waals surface area contributed by atoms with Crippen LogP contribution in [0.3, 0.4) is 0 Å². The minimum atomic E-state index is -4.83. The lowest BCUT2D eigenvalue weighted by Crippen LogP contribution is -2.56. The Morgan fingerprint density at radius 2 is 1.64 bits per heavy atom. The Morgan fingerprint density at radius 3 is 2.23 bits per heavy atom. The highest BCUT2D eigenvalue weighted by molar-refractivity contribution is 7.91. The third-order valence-electron chi connectivity index (χ3n) is 6.81. The molecule has 0 spiro atoms. The first-order valence-corrected chi connectivity index (χ1v) is 14.4. The standard InChI is InChI=1S/C28H30F3N3O4S/c1-2-18-32-39(36,20-16-14-19(15-17-20)38-28(29,30)31)33-21-8-7-11-24(27(21)35)34-22-9-3-5-12-25(22)37-26-13-6-4-10-23(26)34/h3-6,9-10,12-17,21,24,27,35H,2,7-8,11,18H2,1H3,(H,32,33,36)/t21-,24+,27+,39?/m1/s1. The molecule has 5 rings (SSSR count). The van der Waals surface area contributed by atoms with Crippen molar-refractivity contribution in [2.75, 3.05) is 11.4 Å². The molecule has 39 heavy (non-hydrogen) atoms. The maximum absolute atomic E-state index is 14.2. The van der Waals surface area contributed by atoms with Crippen molar-refractivity contribution < 1.29 is 32.0 Å². The number of nitrogens with zero attached hydrogens (tertiary/aromatic N) is 2. The molecule has 1 heterocycles. The SMILES string of the molecule is CCCN=S(=O)(N[C@@H]1CCC[C@H](N2c3ccccc3Oc3ccccc32)[C@H]1O)c1ccc(OC(F)(F)F)cc1. The molecule has 0 amide bonds. The highest BCUT2D eigenvalue weighted by Gasteiger charge is 2.41. The van der Waals surface area contributed by atoms with Gasteiger partial charge in [-0.2, -0.15) is 0 Å². The Hall–Kier alpha value is -3.28. The fourth-order valence-electron chi connectivity index (χ4n) is 5.09. The van der Waals surface area contributed by atoms with Gasteiger partial charge in [-0.1, -0.05) is 31.2 Å². The van der Waals surface area contributed by atoms with Crippen LogP contribution >= 0.6 is 0 Å². The number of hydrogen-bond donors (Lipinski definition) is 2. The summed E-state index contributed by atoms with van der Waals surface area (Å²) in [5, 5.41) is 11.7. The number of aliphatic hydroxyl groups is 1. The van der Waals surface area contributed by atoms with Gasteiger partial charge in [-0.3, -0.25) is 0 Å². The molecule has 1 fully saturated rings. The highest BCUT2D eigenvalue weighted by atomic mass is 32.2. The Balaban J connectivity index is 1.45. The van der Waals surface area contributed by atoms with E-state index in [0.29, 0.717) is 30.8 Å². The van der Waals surface area contributed by atoms with Gasteiger partial charge in [0.15, 0.2) is 11.5 Å². The normalized spacial score (nSPS) is 22.2. The molecule has 0 saturated heterocycles. The number of nitrogens with one attached hydrogen (secondary N) is 1. The van der Waals surface area contributed by atoms with E-state index < -0.39 is 34.2 Å². The van der Waals surface area contributed by atoms with Crippen LogP contribution in [0.25, 0.3) is 0 Å². The van der Waals surface area contributed by atoms with E-state index in [4.69, 9.17) is 4.74 Å². The Labute approximate surface area is 225 Å². The van der Waals surface area contributed by atoms with Crippen molar-refractivity contribution in [1.82, 2.24) is 4.72 Å². The van der Waals surface area contributed by atoms with E-state index in [9.17, 15) is 22.5 Å². The van der Waals surface area contributed by atoms with Crippen molar-refractivity contribution >= 4 is 21.3 Å². The lowest BCUT2D eigenvalue weighted by Gasteiger charge is -2.45. The summed E-state index contributed by atoms with van der Waals surface area (Å²) in [4.78, 5) is 2.31. The van der Waals surface area contributed by atoms with Crippen molar-refractivity contribution in [2.24, 2.45) is 4.36 Å². The van der Waals surface area contributed by atoms with Crippen LogP contribution in [-0.4, -0.2) is 40.4 Å². The third kappa shape index (κ3) is 5.85. The van der Waals surface area contributed by atoms with Crippen molar-refractivity contribution in [3.63, 3.8) is 0 Å². The Morgan fingerprint density at radius 1 is 1.03 bits per heavy atom. The average Bonchev–Trinajstić information content (AvgIpc) is 2.91. The fourth-order valence-corrected chi connectivity index (χ4v) is 7.06. The van der Waals surface area contributed by atoms with Crippen LogP contribution in [0.1, 0.15) is 32.6 Å². The number of halogens is 3. The number of ether oxygens (including phenoxy) is 2. The Bertz CT molecular complexity index is 1380. The molecule has 4 atom stereocenters. The van der Waals surface area contributed by atoms with E-state index in [2.05, 4.69) is 18.7 Å². The van der Waals surface area contributed by atoms with Crippen LogP contribution < -0.4 is 19.1 Å². The molecule has 1 saturated carbocycles. The second-order valence-corrected chi connectivity index (χ2v) is 11.5.